The third-order valence-electron chi connectivity index (χ3n) is 2.55. The van der Waals surface area contributed by atoms with E-state index in [1.807, 2.05) is 0 Å². The topological polar surface area (TPSA) is 99.0 Å². The molecule has 0 aromatic heterocycles. The van der Waals surface area contributed by atoms with E-state index in [2.05, 4.69) is 5.32 Å². The molecule has 0 fully saturated rings. The first-order valence-corrected chi connectivity index (χ1v) is 5.18. The van der Waals surface area contributed by atoms with Crippen molar-refractivity contribution in [1.29, 1.82) is 0 Å². The van der Waals surface area contributed by atoms with E-state index in [0.29, 0.717) is 16.6 Å². The predicted molar refractivity (Wildman–Crippen MR) is 60.4 cm³/mol. The van der Waals surface area contributed by atoms with Crippen LogP contribution in [0.2, 0.25) is 5.02 Å². The maximum absolute atomic E-state index is 10.4. The number of hydrogen-bond acceptors (Lipinski definition) is 4. The zero-order valence-corrected chi connectivity index (χ0v) is 9.36. The van der Waals surface area contributed by atoms with Gasteiger partial charge in [-0.15, -0.1) is 0 Å². The number of benzene rings is 1. The van der Waals surface area contributed by atoms with Crippen LogP contribution in [0.5, 0.6) is 5.75 Å². The summed E-state index contributed by atoms with van der Waals surface area (Å²) in [5, 5.41) is 29.8. The Labute approximate surface area is 102 Å². The van der Waals surface area contributed by atoms with Gasteiger partial charge in [0, 0.05) is 12.0 Å². The molecular formula is C9H9BClNO5. The quantitative estimate of drug-likeness (QED) is 0.560. The van der Waals surface area contributed by atoms with Crippen LogP contribution in [0.25, 0.3) is 0 Å². The van der Waals surface area contributed by atoms with Gasteiger partial charge in [-0.3, -0.25) is 0 Å². The Hall–Kier alpha value is -1.44. The summed E-state index contributed by atoms with van der Waals surface area (Å²) in [6.07, 6.45) is -1.17. The van der Waals surface area contributed by atoms with Crippen LogP contribution in [0.15, 0.2) is 6.07 Å². The fourth-order valence-electron chi connectivity index (χ4n) is 1.76. The highest BCUT2D eigenvalue weighted by molar-refractivity contribution is 6.65. The highest BCUT2D eigenvalue weighted by Crippen LogP contribution is 2.29. The van der Waals surface area contributed by atoms with Gasteiger partial charge in [-0.2, -0.15) is 0 Å². The molecular weight excluding hydrogens is 248 g/mol. The Kier molecular flexibility index (Phi) is 3.14. The first-order chi connectivity index (χ1) is 8.00. The maximum Gasteiger partial charge on any atom is 0.493 e. The number of halogens is 1. The normalized spacial score (nSPS) is 13.6. The molecule has 1 aliphatic heterocycles. The average Bonchev–Trinajstić information content (AvgIpc) is 2.64. The zero-order valence-electron chi connectivity index (χ0n) is 8.61. The second kappa shape index (κ2) is 4.44. The minimum Gasteiger partial charge on any atom is -0.506 e. The molecule has 6 nitrogen and oxygen atoms in total. The van der Waals surface area contributed by atoms with Crippen molar-refractivity contribution in [2.75, 3.05) is 0 Å². The number of amides is 1. The molecule has 0 aliphatic carbocycles. The SMILES string of the molecule is O=C(O)NCc1cc(O)c(Cl)c2c1COB2O. The van der Waals surface area contributed by atoms with Gasteiger partial charge in [-0.1, -0.05) is 11.6 Å². The van der Waals surface area contributed by atoms with Crippen LogP contribution < -0.4 is 10.8 Å². The summed E-state index contributed by atoms with van der Waals surface area (Å²) in [6.45, 7) is 0.144. The molecule has 1 heterocycles. The molecule has 0 spiro atoms. The predicted octanol–water partition coefficient (Wildman–Crippen LogP) is 0.0309. The molecule has 0 saturated heterocycles. The van der Waals surface area contributed by atoms with E-state index in [9.17, 15) is 14.9 Å². The standard InChI is InChI=1S/C9H9BClNO5/c11-8-6(13)1-4(2-12-9(14)15)5-3-17-10(16)7(5)8/h1,12-13,16H,2-3H2,(H,14,15). The fourth-order valence-corrected chi connectivity index (χ4v) is 2.02. The first kappa shape index (κ1) is 12.0. The van der Waals surface area contributed by atoms with Crippen molar-refractivity contribution < 1.29 is 24.7 Å². The van der Waals surface area contributed by atoms with Crippen LogP contribution in [0.4, 0.5) is 4.79 Å². The van der Waals surface area contributed by atoms with Gasteiger partial charge in [0.05, 0.1) is 11.6 Å². The number of fused-ring (bicyclic) bond motifs is 1. The highest BCUT2D eigenvalue weighted by atomic mass is 35.5. The van der Waals surface area contributed by atoms with E-state index >= 15 is 0 Å². The summed E-state index contributed by atoms with van der Waals surface area (Å²) in [5.41, 5.74) is 1.43. The largest absolute Gasteiger partial charge is 0.506 e. The molecule has 1 aromatic carbocycles. The molecule has 1 aromatic rings. The number of nitrogens with one attached hydrogen (secondary N) is 1. The summed E-state index contributed by atoms with van der Waals surface area (Å²) in [5.74, 6) is -0.211. The van der Waals surface area contributed by atoms with E-state index in [4.69, 9.17) is 21.4 Å². The summed E-state index contributed by atoms with van der Waals surface area (Å²) in [6, 6.07) is 1.36. The van der Waals surface area contributed by atoms with E-state index in [1.165, 1.54) is 6.07 Å². The van der Waals surface area contributed by atoms with Crippen molar-refractivity contribution in [3.63, 3.8) is 0 Å². The average molecular weight is 257 g/mol. The third kappa shape index (κ3) is 2.17. The van der Waals surface area contributed by atoms with Gasteiger partial charge in [0.1, 0.15) is 5.75 Å². The number of carbonyl (C=O) groups is 1. The molecule has 1 aliphatic rings. The lowest BCUT2D eigenvalue weighted by Gasteiger charge is -2.10. The molecule has 1 amide bonds. The molecule has 17 heavy (non-hydrogen) atoms. The van der Waals surface area contributed by atoms with E-state index in [0.717, 1.165) is 0 Å². The van der Waals surface area contributed by atoms with Crippen molar-refractivity contribution >= 4 is 30.3 Å². The first-order valence-electron chi connectivity index (χ1n) is 4.80. The second-order valence-corrected chi connectivity index (χ2v) is 3.96. The molecule has 4 N–H and O–H groups in total. The van der Waals surface area contributed by atoms with E-state index in [-0.39, 0.29) is 23.9 Å². The molecule has 90 valence electrons. The Morgan fingerprint density at radius 1 is 1.65 bits per heavy atom. The summed E-state index contributed by atoms with van der Waals surface area (Å²) in [7, 11) is -1.19. The maximum atomic E-state index is 10.4. The lowest BCUT2D eigenvalue weighted by atomic mass is 9.78. The lowest BCUT2D eigenvalue weighted by molar-refractivity contribution is 0.194. The molecule has 8 heteroatoms. The second-order valence-electron chi connectivity index (χ2n) is 3.58. The van der Waals surface area contributed by atoms with Gasteiger partial charge in [0.15, 0.2) is 0 Å². The number of phenols is 1. The van der Waals surface area contributed by atoms with Gasteiger partial charge >= 0.3 is 13.2 Å². The Morgan fingerprint density at radius 3 is 3.00 bits per heavy atom. The van der Waals surface area contributed by atoms with Gasteiger partial charge < -0.3 is 25.2 Å². The number of rotatable bonds is 2. The van der Waals surface area contributed by atoms with Gasteiger partial charge in [-0.25, -0.2) is 4.79 Å². The summed E-state index contributed by atoms with van der Waals surface area (Å²) in [4.78, 5) is 10.4. The van der Waals surface area contributed by atoms with Crippen molar-refractivity contribution in [2.45, 2.75) is 13.2 Å². The molecule has 0 atom stereocenters. The van der Waals surface area contributed by atoms with E-state index in [1.54, 1.807) is 0 Å². The van der Waals surface area contributed by atoms with Crippen molar-refractivity contribution in [1.82, 2.24) is 5.32 Å². The number of hydrogen-bond donors (Lipinski definition) is 4. The van der Waals surface area contributed by atoms with Gasteiger partial charge in [-0.05, 0) is 17.2 Å². The lowest BCUT2D eigenvalue weighted by Crippen LogP contribution is -2.30. The smallest absolute Gasteiger partial charge is 0.493 e. The molecule has 0 radical (unpaired) electrons. The summed E-state index contributed by atoms with van der Waals surface area (Å²) >= 11 is 5.84. The van der Waals surface area contributed by atoms with Crippen LogP contribution in [0.3, 0.4) is 0 Å². The molecule has 2 rings (SSSR count). The Morgan fingerprint density at radius 2 is 2.35 bits per heavy atom. The summed E-state index contributed by atoms with van der Waals surface area (Å²) < 4.78 is 4.99. The highest BCUT2D eigenvalue weighted by Gasteiger charge is 2.33. The number of carboxylic acid groups (broad SMARTS) is 1. The van der Waals surface area contributed by atoms with Crippen LogP contribution >= 0.6 is 11.6 Å². The van der Waals surface area contributed by atoms with Crippen molar-refractivity contribution in [2.24, 2.45) is 0 Å². The monoisotopic (exact) mass is 257 g/mol. The van der Waals surface area contributed by atoms with Crippen LogP contribution in [-0.4, -0.2) is 28.4 Å². The van der Waals surface area contributed by atoms with Crippen LogP contribution in [0.1, 0.15) is 11.1 Å². The number of phenolic OH excluding ortho intramolecular Hbond substituents is 1. The molecule has 0 saturated carbocycles. The molecule has 0 bridgehead atoms. The minimum absolute atomic E-state index is 0.0124. The Bertz CT molecular complexity index is 481. The van der Waals surface area contributed by atoms with Gasteiger partial charge in [0.25, 0.3) is 0 Å². The molecule has 0 unspecified atom stereocenters. The van der Waals surface area contributed by atoms with Crippen molar-refractivity contribution in [3.8, 4) is 5.75 Å². The van der Waals surface area contributed by atoms with Gasteiger partial charge in [0.2, 0.25) is 0 Å². The van der Waals surface area contributed by atoms with Crippen LogP contribution in [0, 0.1) is 0 Å². The Balaban J connectivity index is 2.41. The minimum atomic E-state index is -1.19. The number of aromatic hydroxyl groups is 1. The van der Waals surface area contributed by atoms with Crippen molar-refractivity contribution in [3.05, 3.63) is 22.2 Å². The zero-order chi connectivity index (χ0) is 12.6. The third-order valence-corrected chi connectivity index (χ3v) is 2.94. The fraction of sp³-hybridized carbons (Fsp3) is 0.222. The van der Waals surface area contributed by atoms with E-state index < -0.39 is 13.2 Å². The van der Waals surface area contributed by atoms with Crippen LogP contribution in [-0.2, 0) is 17.8 Å².